The van der Waals surface area contributed by atoms with E-state index >= 15 is 0 Å². The first-order valence-corrected chi connectivity index (χ1v) is 8.40. The van der Waals surface area contributed by atoms with Gasteiger partial charge in [0.2, 0.25) is 5.91 Å². The molecule has 6 heteroatoms. The lowest BCUT2D eigenvalue weighted by atomic mass is 10.1. The molecule has 0 unspecified atom stereocenters. The third kappa shape index (κ3) is 4.43. The molecule has 2 atom stereocenters. The smallest absolute Gasteiger partial charge is 0.240 e. The molecule has 1 heterocycles. The van der Waals surface area contributed by atoms with Gasteiger partial charge < -0.3 is 15.4 Å². The number of hydrogen-bond acceptors (Lipinski definition) is 4. The normalized spacial score (nSPS) is 22.0. The highest BCUT2D eigenvalue weighted by atomic mass is 32.2. The van der Waals surface area contributed by atoms with Gasteiger partial charge in [-0.05, 0) is 36.4 Å². The lowest BCUT2D eigenvalue weighted by molar-refractivity contribution is -0.129. The van der Waals surface area contributed by atoms with Crippen molar-refractivity contribution in [3.63, 3.8) is 0 Å². The van der Waals surface area contributed by atoms with Crippen LogP contribution in [-0.4, -0.2) is 37.5 Å². The summed E-state index contributed by atoms with van der Waals surface area (Å²) in [5.74, 6) is 0.399. The molecule has 1 amide bonds. The van der Waals surface area contributed by atoms with Crippen LogP contribution in [-0.2, 0) is 21.8 Å². The fraction of sp³-hybridized carbons (Fsp3) is 0.533. The highest BCUT2D eigenvalue weighted by Crippen LogP contribution is 2.17. The van der Waals surface area contributed by atoms with Gasteiger partial charge in [-0.25, -0.2) is 4.39 Å². The fourth-order valence-electron chi connectivity index (χ4n) is 2.38. The van der Waals surface area contributed by atoms with E-state index < -0.39 is 0 Å². The number of rotatable bonds is 5. The van der Waals surface area contributed by atoms with Crippen LogP contribution in [0.2, 0.25) is 0 Å². The van der Waals surface area contributed by atoms with Crippen molar-refractivity contribution in [2.24, 2.45) is 0 Å². The number of hydrogen-bond donors (Lipinski definition) is 2. The molecule has 0 bridgehead atoms. The molecule has 116 valence electrons. The first kappa shape index (κ1) is 16.3. The Labute approximate surface area is 128 Å². The van der Waals surface area contributed by atoms with Crippen molar-refractivity contribution in [1.29, 1.82) is 0 Å². The zero-order chi connectivity index (χ0) is 15.2. The van der Waals surface area contributed by atoms with Gasteiger partial charge in [-0.3, -0.25) is 4.79 Å². The van der Waals surface area contributed by atoms with Crippen molar-refractivity contribution in [1.82, 2.24) is 10.6 Å². The second kappa shape index (κ2) is 7.77. The lowest BCUT2D eigenvalue weighted by Gasteiger charge is -2.29. The molecule has 0 saturated carbocycles. The summed E-state index contributed by atoms with van der Waals surface area (Å²) in [6.45, 7) is 3.59. The Bertz CT molecular complexity index is 499. The van der Waals surface area contributed by atoms with E-state index in [0.29, 0.717) is 19.7 Å². The topological polar surface area (TPSA) is 50.4 Å². The van der Waals surface area contributed by atoms with Crippen LogP contribution in [0, 0.1) is 5.82 Å². The summed E-state index contributed by atoms with van der Waals surface area (Å²) in [4.78, 5) is 12.2. The lowest BCUT2D eigenvalue weighted by Crippen LogP contribution is -2.55. The van der Waals surface area contributed by atoms with Crippen molar-refractivity contribution in [3.8, 4) is 0 Å². The Balaban J connectivity index is 1.97. The maximum atomic E-state index is 13.3. The maximum Gasteiger partial charge on any atom is 0.240 e. The van der Waals surface area contributed by atoms with E-state index in [9.17, 15) is 9.18 Å². The van der Waals surface area contributed by atoms with Crippen molar-refractivity contribution in [3.05, 3.63) is 35.1 Å². The van der Waals surface area contributed by atoms with Crippen LogP contribution in [0.1, 0.15) is 18.1 Å². The van der Waals surface area contributed by atoms with E-state index in [4.69, 9.17) is 4.74 Å². The van der Waals surface area contributed by atoms with E-state index in [-0.39, 0.29) is 23.9 Å². The van der Waals surface area contributed by atoms with Crippen LogP contribution < -0.4 is 10.6 Å². The van der Waals surface area contributed by atoms with Crippen LogP contribution in [0.15, 0.2) is 18.2 Å². The fourth-order valence-corrected chi connectivity index (χ4v) is 2.96. The van der Waals surface area contributed by atoms with Gasteiger partial charge in [-0.1, -0.05) is 6.07 Å². The summed E-state index contributed by atoms with van der Waals surface area (Å²) in [5, 5.41) is 6.06. The number of benzene rings is 1. The monoisotopic (exact) mass is 312 g/mol. The second-order valence-corrected chi connectivity index (χ2v) is 5.94. The number of amides is 1. The molecular weight excluding hydrogens is 291 g/mol. The zero-order valence-corrected chi connectivity index (χ0v) is 13.1. The van der Waals surface area contributed by atoms with E-state index in [1.165, 1.54) is 12.1 Å². The molecule has 4 nitrogen and oxygen atoms in total. The molecule has 2 N–H and O–H groups in total. The first-order valence-electron chi connectivity index (χ1n) is 7.00. The van der Waals surface area contributed by atoms with Gasteiger partial charge in [0.15, 0.2) is 0 Å². The molecule has 0 radical (unpaired) electrons. The van der Waals surface area contributed by atoms with E-state index in [2.05, 4.69) is 10.6 Å². The first-order chi connectivity index (χ1) is 10.1. The predicted octanol–water partition coefficient (Wildman–Crippen LogP) is 1.68. The van der Waals surface area contributed by atoms with Crippen LogP contribution in [0.3, 0.4) is 0 Å². The molecule has 0 aliphatic carbocycles. The molecule has 0 spiro atoms. The Kier molecular flexibility index (Phi) is 6.02. The number of ether oxygens (including phenoxy) is 1. The molecule has 0 aromatic heterocycles. The van der Waals surface area contributed by atoms with Crippen LogP contribution in [0.4, 0.5) is 4.39 Å². The predicted molar refractivity (Wildman–Crippen MR) is 82.7 cm³/mol. The molecule has 1 aliphatic heterocycles. The number of thioether (sulfide) groups is 1. The number of carbonyl (C=O) groups excluding carboxylic acids is 1. The third-order valence-corrected chi connectivity index (χ3v) is 4.12. The number of carbonyl (C=O) groups is 1. The quantitative estimate of drug-likeness (QED) is 0.868. The van der Waals surface area contributed by atoms with Crippen molar-refractivity contribution in [2.45, 2.75) is 31.4 Å². The largest absolute Gasteiger partial charge is 0.375 e. The molecule has 2 rings (SSSR count). The summed E-state index contributed by atoms with van der Waals surface area (Å²) in [5.41, 5.74) is 1.87. The Morgan fingerprint density at radius 2 is 2.33 bits per heavy atom. The summed E-state index contributed by atoms with van der Waals surface area (Å²) in [6.07, 6.45) is 1.83. The van der Waals surface area contributed by atoms with Crippen LogP contribution in [0.25, 0.3) is 0 Å². The van der Waals surface area contributed by atoms with Crippen molar-refractivity contribution < 1.29 is 13.9 Å². The average molecular weight is 312 g/mol. The second-order valence-electron chi connectivity index (χ2n) is 5.07. The third-order valence-electron chi connectivity index (χ3n) is 3.52. The number of morpholine rings is 1. The van der Waals surface area contributed by atoms with Gasteiger partial charge in [0.05, 0.1) is 12.7 Å². The van der Waals surface area contributed by atoms with Gasteiger partial charge >= 0.3 is 0 Å². The minimum Gasteiger partial charge on any atom is -0.375 e. The summed E-state index contributed by atoms with van der Waals surface area (Å²) in [7, 11) is 0. The SMILES string of the molecule is CSCc1cc(F)ccc1CNC(=O)[C@H]1NCCO[C@@H]1C. The summed E-state index contributed by atoms with van der Waals surface area (Å²) in [6, 6.07) is 4.36. The number of halogens is 1. The maximum absolute atomic E-state index is 13.3. The van der Waals surface area contributed by atoms with Gasteiger partial charge in [0.25, 0.3) is 0 Å². The van der Waals surface area contributed by atoms with Gasteiger partial charge in [0.1, 0.15) is 11.9 Å². The molecular formula is C15H21FN2O2S. The van der Waals surface area contributed by atoms with Crippen LogP contribution >= 0.6 is 11.8 Å². The van der Waals surface area contributed by atoms with Gasteiger partial charge in [-0.2, -0.15) is 11.8 Å². The molecule has 1 aliphatic rings. The van der Waals surface area contributed by atoms with Crippen molar-refractivity contribution >= 4 is 17.7 Å². The minimum atomic E-state index is -0.330. The molecule has 21 heavy (non-hydrogen) atoms. The zero-order valence-electron chi connectivity index (χ0n) is 12.3. The van der Waals surface area contributed by atoms with E-state index in [1.807, 2.05) is 13.2 Å². The van der Waals surface area contributed by atoms with E-state index in [0.717, 1.165) is 16.9 Å². The van der Waals surface area contributed by atoms with Crippen molar-refractivity contribution in [2.75, 3.05) is 19.4 Å². The highest BCUT2D eigenvalue weighted by Gasteiger charge is 2.27. The standard InChI is InChI=1S/C15H21FN2O2S/c1-10-14(17-5-6-20-10)15(19)18-8-11-3-4-13(16)7-12(11)9-21-2/h3-4,7,10,14,17H,5-6,8-9H2,1-2H3,(H,18,19)/t10-,14+/m1/s1. The molecule has 1 fully saturated rings. The van der Waals surface area contributed by atoms with Gasteiger partial charge in [-0.15, -0.1) is 0 Å². The number of nitrogens with one attached hydrogen (secondary N) is 2. The highest BCUT2D eigenvalue weighted by molar-refractivity contribution is 7.97. The molecule has 1 aromatic rings. The molecule has 1 aromatic carbocycles. The minimum absolute atomic E-state index is 0.0818. The Morgan fingerprint density at radius 1 is 1.52 bits per heavy atom. The Morgan fingerprint density at radius 3 is 3.05 bits per heavy atom. The van der Waals surface area contributed by atoms with Crippen LogP contribution in [0.5, 0.6) is 0 Å². The average Bonchev–Trinajstić information content (AvgIpc) is 2.47. The Hall–Kier alpha value is -1.11. The summed E-state index contributed by atoms with van der Waals surface area (Å²) >= 11 is 1.63. The van der Waals surface area contributed by atoms with E-state index in [1.54, 1.807) is 17.8 Å². The van der Waals surface area contributed by atoms with Gasteiger partial charge in [0, 0.05) is 18.8 Å². The molecule has 1 saturated heterocycles. The summed E-state index contributed by atoms with van der Waals surface area (Å²) < 4.78 is 18.8.